The van der Waals surface area contributed by atoms with Crippen molar-refractivity contribution in [3.05, 3.63) is 72.3 Å². The second-order valence-electron chi connectivity index (χ2n) is 6.92. The Kier molecular flexibility index (Phi) is 6.27. The van der Waals surface area contributed by atoms with Crippen LogP contribution in [0.1, 0.15) is 19.4 Å². The molecule has 0 aliphatic carbocycles. The van der Waals surface area contributed by atoms with Crippen LogP contribution in [0.3, 0.4) is 0 Å². The number of carbonyl (C=O) groups is 2. The molecule has 0 saturated heterocycles. The van der Waals surface area contributed by atoms with Crippen LogP contribution in [0.15, 0.2) is 66.7 Å². The van der Waals surface area contributed by atoms with E-state index in [1.807, 2.05) is 80.6 Å². The topological polar surface area (TPSA) is 67.4 Å². The molecule has 3 aromatic carbocycles. The Morgan fingerprint density at radius 3 is 2.36 bits per heavy atom. The average molecular weight is 376 g/mol. The third-order valence-electron chi connectivity index (χ3n) is 4.33. The molecule has 5 nitrogen and oxygen atoms in total. The number of rotatable bonds is 7. The maximum atomic E-state index is 12.0. The van der Waals surface area contributed by atoms with E-state index in [0.29, 0.717) is 12.3 Å². The summed E-state index contributed by atoms with van der Waals surface area (Å²) in [7, 11) is 0. The van der Waals surface area contributed by atoms with Crippen LogP contribution in [0.25, 0.3) is 10.8 Å². The van der Waals surface area contributed by atoms with E-state index in [-0.39, 0.29) is 24.3 Å². The summed E-state index contributed by atoms with van der Waals surface area (Å²) < 4.78 is 5.59. The molecule has 0 spiro atoms. The average Bonchev–Trinajstić information content (AvgIpc) is 2.71. The lowest BCUT2D eigenvalue weighted by molar-refractivity contribution is -0.123. The van der Waals surface area contributed by atoms with Gasteiger partial charge in [-0.3, -0.25) is 9.59 Å². The maximum Gasteiger partial charge on any atom is 0.258 e. The van der Waals surface area contributed by atoms with Crippen LogP contribution < -0.4 is 15.4 Å². The summed E-state index contributed by atoms with van der Waals surface area (Å²) in [4.78, 5) is 23.7. The zero-order valence-electron chi connectivity index (χ0n) is 16.1. The van der Waals surface area contributed by atoms with Crippen LogP contribution in [-0.2, 0) is 16.1 Å². The predicted molar refractivity (Wildman–Crippen MR) is 111 cm³/mol. The van der Waals surface area contributed by atoms with Gasteiger partial charge in [0.1, 0.15) is 5.75 Å². The smallest absolute Gasteiger partial charge is 0.258 e. The second kappa shape index (κ2) is 9.04. The highest BCUT2D eigenvalue weighted by molar-refractivity contribution is 5.92. The van der Waals surface area contributed by atoms with Gasteiger partial charge in [-0.05, 0) is 40.6 Å². The molecule has 0 aromatic heterocycles. The number of nitrogens with one attached hydrogen (secondary N) is 2. The Bertz CT molecular complexity index is 965. The molecule has 0 bridgehead atoms. The minimum atomic E-state index is -0.189. The van der Waals surface area contributed by atoms with Crippen LogP contribution in [-0.4, -0.2) is 18.4 Å². The monoisotopic (exact) mass is 376 g/mol. The molecule has 3 aromatic rings. The van der Waals surface area contributed by atoms with Crippen molar-refractivity contribution < 1.29 is 14.3 Å². The van der Waals surface area contributed by atoms with Crippen LogP contribution in [0, 0.1) is 5.92 Å². The molecule has 0 unspecified atom stereocenters. The van der Waals surface area contributed by atoms with Gasteiger partial charge in [0.2, 0.25) is 5.91 Å². The van der Waals surface area contributed by atoms with Gasteiger partial charge in [0.05, 0.1) is 0 Å². The van der Waals surface area contributed by atoms with Gasteiger partial charge in [0.25, 0.3) is 5.91 Å². The van der Waals surface area contributed by atoms with Gasteiger partial charge in [-0.25, -0.2) is 0 Å². The molecule has 2 N–H and O–H groups in total. The van der Waals surface area contributed by atoms with Gasteiger partial charge in [0, 0.05) is 18.2 Å². The third-order valence-corrected chi connectivity index (χ3v) is 4.33. The fourth-order valence-corrected chi connectivity index (χ4v) is 2.65. The Hall–Kier alpha value is -3.34. The Morgan fingerprint density at radius 2 is 1.64 bits per heavy atom. The molecule has 0 heterocycles. The number of ether oxygens (including phenoxy) is 1. The molecule has 0 atom stereocenters. The molecule has 3 rings (SSSR count). The summed E-state index contributed by atoms with van der Waals surface area (Å²) in [6.07, 6.45) is 0. The fraction of sp³-hybridized carbons (Fsp3) is 0.217. The molecule has 0 aliphatic heterocycles. The van der Waals surface area contributed by atoms with E-state index in [9.17, 15) is 9.59 Å². The number of anilines is 1. The van der Waals surface area contributed by atoms with E-state index in [2.05, 4.69) is 10.6 Å². The Labute approximate surface area is 164 Å². The standard InChI is InChI=1S/C23H24N2O3/c1-16(2)23(27)25-20-10-7-17(8-11-20)14-24-22(26)15-28-21-12-9-18-5-3-4-6-19(18)13-21/h3-13,16H,14-15H2,1-2H3,(H,24,26)(H,25,27). The van der Waals surface area contributed by atoms with Gasteiger partial charge in [0.15, 0.2) is 6.61 Å². The molecular formula is C23H24N2O3. The molecule has 0 aliphatic rings. The number of carbonyl (C=O) groups excluding carboxylic acids is 2. The number of benzene rings is 3. The van der Waals surface area contributed by atoms with Crippen molar-refractivity contribution in [2.45, 2.75) is 20.4 Å². The molecule has 2 amide bonds. The summed E-state index contributed by atoms with van der Waals surface area (Å²) in [5.41, 5.74) is 1.69. The third kappa shape index (κ3) is 5.33. The van der Waals surface area contributed by atoms with Crippen LogP contribution in [0.5, 0.6) is 5.75 Å². The summed E-state index contributed by atoms with van der Waals surface area (Å²) in [6, 6.07) is 21.2. The molecular weight excluding hydrogens is 352 g/mol. The van der Waals surface area contributed by atoms with Gasteiger partial charge in [-0.2, -0.15) is 0 Å². The summed E-state index contributed by atoms with van der Waals surface area (Å²) in [5, 5.41) is 7.88. The van der Waals surface area contributed by atoms with Crippen molar-refractivity contribution in [3.63, 3.8) is 0 Å². The highest BCUT2D eigenvalue weighted by atomic mass is 16.5. The number of amides is 2. The Balaban J connectivity index is 1.46. The van der Waals surface area contributed by atoms with E-state index in [1.165, 1.54) is 0 Å². The normalized spacial score (nSPS) is 10.7. The minimum absolute atomic E-state index is 0.0214. The first-order chi connectivity index (χ1) is 13.5. The highest BCUT2D eigenvalue weighted by Crippen LogP contribution is 2.20. The minimum Gasteiger partial charge on any atom is -0.484 e. The van der Waals surface area contributed by atoms with Crippen molar-refractivity contribution in [1.82, 2.24) is 5.32 Å². The molecule has 144 valence electrons. The quantitative estimate of drug-likeness (QED) is 0.651. The van der Waals surface area contributed by atoms with E-state index in [0.717, 1.165) is 22.0 Å². The lowest BCUT2D eigenvalue weighted by Gasteiger charge is -2.10. The van der Waals surface area contributed by atoms with Crippen molar-refractivity contribution >= 4 is 28.3 Å². The first-order valence-corrected chi connectivity index (χ1v) is 9.29. The lowest BCUT2D eigenvalue weighted by Crippen LogP contribution is -2.28. The summed E-state index contributed by atoms with van der Waals surface area (Å²) >= 11 is 0. The SMILES string of the molecule is CC(C)C(=O)Nc1ccc(CNC(=O)COc2ccc3ccccc3c2)cc1. The molecule has 28 heavy (non-hydrogen) atoms. The van der Waals surface area contributed by atoms with Gasteiger partial charge >= 0.3 is 0 Å². The zero-order chi connectivity index (χ0) is 19.9. The van der Waals surface area contributed by atoms with Crippen LogP contribution in [0.4, 0.5) is 5.69 Å². The summed E-state index contributed by atoms with van der Waals surface area (Å²) in [6.45, 7) is 4.05. The first kappa shape index (κ1) is 19.4. The first-order valence-electron chi connectivity index (χ1n) is 9.29. The largest absolute Gasteiger partial charge is 0.484 e. The van der Waals surface area contributed by atoms with E-state index >= 15 is 0 Å². The summed E-state index contributed by atoms with van der Waals surface area (Å²) in [5.74, 6) is 0.387. The highest BCUT2D eigenvalue weighted by Gasteiger charge is 2.07. The molecule has 5 heteroatoms. The van der Waals surface area contributed by atoms with Gasteiger partial charge in [-0.1, -0.05) is 56.3 Å². The molecule has 0 fully saturated rings. The van der Waals surface area contributed by atoms with E-state index < -0.39 is 0 Å². The fourth-order valence-electron chi connectivity index (χ4n) is 2.65. The van der Waals surface area contributed by atoms with Crippen molar-refractivity contribution in [1.29, 1.82) is 0 Å². The maximum absolute atomic E-state index is 12.0. The Morgan fingerprint density at radius 1 is 0.929 bits per heavy atom. The molecule has 0 saturated carbocycles. The predicted octanol–water partition coefficient (Wildman–Crippen LogP) is 4.13. The lowest BCUT2D eigenvalue weighted by atomic mass is 10.1. The zero-order valence-corrected chi connectivity index (χ0v) is 16.1. The number of hydrogen-bond acceptors (Lipinski definition) is 3. The van der Waals surface area contributed by atoms with Gasteiger partial charge in [-0.15, -0.1) is 0 Å². The number of hydrogen-bond donors (Lipinski definition) is 2. The van der Waals surface area contributed by atoms with Crippen molar-refractivity contribution in [2.24, 2.45) is 5.92 Å². The van der Waals surface area contributed by atoms with Gasteiger partial charge < -0.3 is 15.4 Å². The van der Waals surface area contributed by atoms with E-state index in [4.69, 9.17) is 4.74 Å². The second-order valence-corrected chi connectivity index (χ2v) is 6.92. The van der Waals surface area contributed by atoms with E-state index in [1.54, 1.807) is 0 Å². The number of fused-ring (bicyclic) bond motifs is 1. The van der Waals surface area contributed by atoms with Crippen LogP contribution >= 0.6 is 0 Å². The van der Waals surface area contributed by atoms with Crippen LogP contribution in [0.2, 0.25) is 0 Å². The van der Waals surface area contributed by atoms with Crippen molar-refractivity contribution in [2.75, 3.05) is 11.9 Å². The molecule has 0 radical (unpaired) electrons. The van der Waals surface area contributed by atoms with Crippen molar-refractivity contribution in [3.8, 4) is 5.75 Å².